The number of aryl methyl sites for hydroxylation is 2. The number of halogens is 1. The molecule has 2 aromatic rings. The summed E-state index contributed by atoms with van der Waals surface area (Å²) in [5.74, 6) is 0.705. The van der Waals surface area contributed by atoms with E-state index >= 15 is 0 Å². The highest BCUT2D eigenvalue weighted by molar-refractivity contribution is 7.09. The zero-order valence-corrected chi connectivity index (χ0v) is 11.8. The van der Waals surface area contributed by atoms with Crippen LogP contribution in [0.3, 0.4) is 0 Å². The maximum absolute atomic E-state index is 5.94. The van der Waals surface area contributed by atoms with Crippen molar-refractivity contribution in [3.63, 3.8) is 0 Å². The molecule has 0 atom stereocenters. The Labute approximate surface area is 115 Å². The lowest BCUT2D eigenvalue weighted by atomic mass is 10.2. The number of hydrogen-bond acceptors (Lipinski definition) is 5. The van der Waals surface area contributed by atoms with E-state index in [1.165, 1.54) is 11.3 Å². The zero-order valence-electron chi connectivity index (χ0n) is 10.2. The zero-order chi connectivity index (χ0) is 12.8. The molecule has 96 valence electrons. The number of nitrogens with one attached hydrogen (secondary N) is 1. The van der Waals surface area contributed by atoms with Gasteiger partial charge in [-0.05, 0) is 26.2 Å². The molecule has 0 unspecified atom stereocenters. The van der Waals surface area contributed by atoms with Gasteiger partial charge in [0.15, 0.2) is 0 Å². The Hall–Kier alpha value is -1.20. The lowest BCUT2D eigenvalue weighted by molar-refractivity contribution is 0.756. The highest BCUT2D eigenvalue weighted by Gasteiger charge is 2.01. The molecule has 6 heteroatoms. The molecule has 0 bridgehead atoms. The summed E-state index contributed by atoms with van der Waals surface area (Å²) < 4.78 is 0. The number of rotatable bonds is 6. The number of hydrogen-bond donors (Lipinski definition) is 1. The molecule has 4 nitrogen and oxygen atoms in total. The maximum atomic E-state index is 5.94. The van der Waals surface area contributed by atoms with Crippen LogP contribution in [0.15, 0.2) is 17.9 Å². The van der Waals surface area contributed by atoms with E-state index in [1.807, 2.05) is 6.92 Å². The molecule has 1 N–H and O–H groups in total. The third-order valence-electron chi connectivity index (χ3n) is 2.44. The van der Waals surface area contributed by atoms with E-state index in [-0.39, 0.29) is 0 Å². The highest BCUT2D eigenvalue weighted by atomic mass is 35.5. The third kappa shape index (κ3) is 3.92. The summed E-state index contributed by atoms with van der Waals surface area (Å²) in [6.07, 6.45) is 6.31. The lowest BCUT2D eigenvalue weighted by Crippen LogP contribution is -2.04. The van der Waals surface area contributed by atoms with Crippen LogP contribution in [0.2, 0.25) is 5.02 Å². The fourth-order valence-corrected chi connectivity index (χ4v) is 2.56. The average Bonchev–Trinajstić information content (AvgIpc) is 2.77. The molecule has 2 heterocycles. The Kier molecular flexibility index (Phi) is 4.90. The molecular formula is C12H15ClN4S. The molecule has 0 aliphatic carbocycles. The Morgan fingerprint density at radius 3 is 3.00 bits per heavy atom. The Morgan fingerprint density at radius 1 is 1.39 bits per heavy atom. The van der Waals surface area contributed by atoms with Crippen LogP contribution >= 0.6 is 22.9 Å². The van der Waals surface area contributed by atoms with Gasteiger partial charge in [-0.3, -0.25) is 0 Å². The first-order valence-electron chi connectivity index (χ1n) is 5.86. The van der Waals surface area contributed by atoms with Crippen molar-refractivity contribution in [1.82, 2.24) is 15.0 Å². The maximum Gasteiger partial charge on any atom is 0.148 e. The van der Waals surface area contributed by atoms with E-state index < -0.39 is 0 Å². The van der Waals surface area contributed by atoms with Crippen molar-refractivity contribution < 1.29 is 0 Å². The van der Waals surface area contributed by atoms with Gasteiger partial charge in [0.25, 0.3) is 0 Å². The first kappa shape index (κ1) is 13.2. The van der Waals surface area contributed by atoms with Crippen LogP contribution in [0.25, 0.3) is 0 Å². The van der Waals surface area contributed by atoms with Crippen LogP contribution in [0.4, 0.5) is 5.82 Å². The second-order valence-electron chi connectivity index (χ2n) is 3.99. The van der Waals surface area contributed by atoms with Gasteiger partial charge in [0.1, 0.15) is 17.2 Å². The largest absolute Gasteiger partial charge is 0.369 e. The number of nitrogens with zero attached hydrogens (tertiary/aromatic N) is 3. The summed E-state index contributed by atoms with van der Waals surface area (Å²) >= 11 is 7.67. The van der Waals surface area contributed by atoms with Gasteiger partial charge in [0.05, 0.1) is 11.2 Å². The normalized spacial score (nSPS) is 10.6. The molecule has 18 heavy (non-hydrogen) atoms. The quantitative estimate of drug-likeness (QED) is 0.826. The monoisotopic (exact) mass is 282 g/mol. The molecule has 0 saturated carbocycles. The van der Waals surface area contributed by atoms with Gasteiger partial charge >= 0.3 is 0 Å². The summed E-state index contributed by atoms with van der Waals surface area (Å²) in [6, 6.07) is 0. The van der Waals surface area contributed by atoms with Crippen molar-refractivity contribution in [2.45, 2.75) is 26.2 Å². The predicted octanol–water partition coefficient (Wildman–Crippen LogP) is 3.33. The van der Waals surface area contributed by atoms with Crippen LogP contribution in [0.5, 0.6) is 0 Å². The Bertz CT molecular complexity index is 500. The Balaban J connectivity index is 1.66. The second kappa shape index (κ2) is 6.66. The van der Waals surface area contributed by atoms with Crippen molar-refractivity contribution in [3.8, 4) is 0 Å². The standard InChI is InChI=1S/C12H15ClN4S/c1-9-7-18-11(17-9)4-2-3-5-15-12-10(13)6-14-8-16-12/h6-8H,2-5H2,1H3,(H,14,15,16). The molecule has 0 radical (unpaired) electrons. The number of anilines is 1. The minimum Gasteiger partial charge on any atom is -0.369 e. The summed E-state index contributed by atoms with van der Waals surface area (Å²) in [5, 5.41) is 7.07. The summed E-state index contributed by atoms with van der Waals surface area (Å²) in [6.45, 7) is 2.89. The highest BCUT2D eigenvalue weighted by Crippen LogP contribution is 2.16. The molecular weight excluding hydrogens is 268 g/mol. The topological polar surface area (TPSA) is 50.7 Å². The molecule has 0 saturated heterocycles. The third-order valence-corrected chi connectivity index (χ3v) is 3.75. The summed E-state index contributed by atoms with van der Waals surface area (Å²) in [7, 11) is 0. The first-order chi connectivity index (χ1) is 8.75. The van der Waals surface area contributed by atoms with Gasteiger partial charge in [-0.25, -0.2) is 15.0 Å². The number of aromatic nitrogens is 3. The van der Waals surface area contributed by atoms with Crippen LogP contribution in [-0.2, 0) is 6.42 Å². The number of thiazole rings is 1. The number of unbranched alkanes of at least 4 members (excludes halogenated alkanes) is 1. The van der Waals surface area contributed by atoms with E-state index in [1.54, 1.807) is 17.5 Å². The van der Waals surface area contributed by atoms with Crippen LogP contribution in [-0.4, -0.2) is 21.5 Å². The van der Waals surface area contributed by atoms with Crippen molar-refractivity contribution >= 4 is 28.8 Å². The SMILES string of the molecule is Cc1csc(CCCCNc2ncncc2Cl)n1. The second-order valence-corrected chi connectivity index (χ2v) is 5.34. The van der Waals surface area contributed by atoms with E-state index in [9.17, 15) is 0 Å². The smallest absolute Gasteiger partial charge is 0.148 e. The summed E-state index contributed by atoms with van der Waals surface area (Å²) in [4.78, 5) is 12.4. The fourth-order valence-electron chi connectivity index (χ4n) is 1.57. The van der Waals surface area contributed by atoms with E-state index in [0.29, 0.717) is 10.8 Å². The lowest BCUT2D eigenvalue weighted by Gasteiger charge is -2.05. The first-order valence-corrected chi connectivity index (χ1v) is 7.12. The van der Waals surface area contributed by atoms with Crippen LogP contribution in [0, 0.1) is 6.92 Å². The van der Waals surface area contributed by atoms with Crippen molar-refractivity contribution in [2.24, 2.45) is 0 Å². The van der Waals surface area contributed by atoms with Gasteiger partial charge in [0, 0.05) is 17.6 Å². The van der Waals surface area contributed by atoms with Gasteiger partial charge < -0.3 is 5.32 Å². The van der Waals surface area contributed by atoms with Crippen molar-refractivity contribution in [3.05, 3.63) is 33.6 Å². The molecule has 0 aliphatic rings. The molecule has 2 aromatic heterocycles. The molecule has 0 amide bonds. The van der Waals surface area contributed by atoms with Crippen LogP contribution < -0.4 is 5.32 Å². The fraction of sp³-hybridized carbons (Fsp3) is 0.417. The van der Waals surface area contributed by atoms with Gasteiger partial charge in [-0.15, -0.1) is 11.3 Å². The minimum atomic E-state index is 0.563. The molecule has 0 spiro atoms. The van der Waals surface area contributed by atoms with Crippen molar-refractivity contribution in [1.29, 1.82) is 0 Å². The van der Waals surface area contributed by atoms with Crippen LogP contribution in [0.1, 0.15) is 23.5 Å². The van der Waals surface area contributed by atoms with Gasteiger partial charge in [-0.2, -0.15) is 0 Å². The van der Waals surface area contributed by atoms with Gasteiger partial charge in [0.2, 0.25) is 0 Å². The molecule has 0 fully saturated rings. The van der Waals surface area contributed by atoms with Gasteiger partial charge in [-0.1, -0.05) is 11.6 Å². The average molecular weight is 283 g/mol. The Morgan fingerprint density at radius 2 is 2.28 bits per heavy atom. The van der Waals surface area contributed by atoms with E-state index in [4.69, 9.17) is 11.6 Å². The molecule has 2 rings (SSSR count). The summed E-state index contributed by atoms with van der Waals surface area (Å²) in [5.41, 5.74) is 1.11. The minimum absolute atomic E-state index is 0.563. The molecule has 0 aromatic carbocycles. The molecule has 0 aliphatic heterocycles. The van der Waals surface area contributed by atoms with Crippen molar-refractivity contribution in [2.75, 3.05) is 11.9 Å². The van der Waals surface area contributed by atoms with E-state index in [2.05, 4.69) is 25.6 Å². The van der Waals surface area contributed by atoms with E-state index in [0.717, 1.165) is 31.5 Å². The predicted molar refractivity (Wildman–Crippen MR) is 75.3 cm³/mol.